The molecule has 1 N–H and O–H groups in total. The van der Waals surface area contributed by atoms with Gasteiger partial charge < -0.3 is 5.32 Å². The highest BCUT2D eigenvalue weighted by Gasteiger charge is 2.30. The largest absolute Gasteiger partial charge is 0.312 e. The first-order valence-electron chi connectivity index (χ1n) is 7.32. The minimum Gasteiger partial charge on any atom is -0.312 e. The lowest BCUT2D eigenvalue weighted by Crippen LogP contribution is -2.48. The highest BCUT2D eigenvalue weighted by molar-refractivity contribution is 4.88. The molecule has 1 rings (SSSR count). The van der Waals surface area contributed by atoms with Crippen LogP contribution in [0.4, 0.5) is 0 Å². The molecule has 1 fully saturated rings. The molecule has 0 aliphatic carbocycles. The lowest BCUT2D eigenvalue weighted by Gasteiger charge is -2.36. The molecule has 0 saturated carbocycles. The van der Waals surface area contributed by atoms with Gasteiger partial charge in [0.05, 0.1) is 0 Å². The average Bonchev–Trinajstić information content (AvgIpc) is 2.41. The molecule has 1 saturated heterocycles. The van der Waals surface area contributed by atoms with Crippen molar-refractivity contribution < 1.29 is 0 Å². The maximum atomic E-state index is 3.73. The van der Waals surface area contributed by atoms with Crippen molar-refractivity contribution in [1.29, 1.82) is 0 Å². The van der Waals surface area contributed by atoms with Gasteiger partial charge in [-0.05, 0) is 31.2 Å². The number of hydrogen-bond acceptors (Lipinski definition) is 2. The first kappa shape index (κ1) is 15.0. The molecule has 17 heavy (non-hydrogen) atoms. The van der Waals surface area contributed by atoms with Crippen LogP contribution in [0.5, 0.6) is 0 Å². The van der Waals surface area contributed by atoms with E-state index in [4.69, 9.17) is 0 Å². The van der Waals surface area contributed by atoms with Gasteiger partial charge in [-0.3, -0.25) is 4.90 Å². The Labute approximate surface area is 108 Å². The van der Waals surface area contributed by atoms with Gasteiger partial charge in [-0.25, -0.2) is 0 Å². The normalized spacial score (nSPS) is 30.0. The zero-order valence-corrected chi connectivity index (χ0v) is 12.7. The molecule has 0 radical (unpaired) electrons. The Morgan fingerprint density at radius 3 is 2.53 bits per heavy atom. The van der Waals surface area contributed by atoms with Crippen molar-refractivity contribution >= 4 is 0 Å². The van der Waals surface area contributed by atoms with E-state index in [2.05, 4.69) is 51.8 Å². The van der Waals surface area contributed by atoms with Crippen LogP contribution in [0.15, 0.2) is 0 Å². The van der Waals surface area contributed by atoms with E-state index in [1.54, 1.807) is 0 Å². The molecule has 102 valence electrons. The summed E-state index contributed by atoms with van der Waals surface area (Å²) in [6.45, 7) is 17.7. The zero-order valence-electron chi connectivity index (χ0n) is 12.7. The van der Waals surface area contributed by atoms with E-state index < -0.39 is 0 Å². The van der Waals surface area contributed by atoms with Gasteiger partial charge in [0.25, 0.3) is 0 Å². The predicted molar refractivity (Wildman–Crippen MR) is 76.4 cm³/mol. The second-order valence-corrected chi connectivity index (χ2v) is 6.98. The Balaban J connectivity index is 2.65. The molecule has 3 atom stereocenters. The first-order valence-corrected chi connectivity index (χ1v) is 7.32. The molecular weight excluding hydrogens is 208 g/mol. The smallest absolute Gasteiger partial charge is 0.0243 e. The average molecular weight is 240 g/mol. The minimum atomic E-state index is 0.359. The molecule has 2 nitrogen and oxygen atoms in total. The van der Waals surface area contributed by atoms with Crippen LogP contribution >= 0.6 is 0 Å². The molecule has 2 heteroatoms. The van der Waals surface area contributed by atoms with Gasteiger partial charge in [-0.15, -0.1) is 0 Å². The molecule has 1 heterocycles. The summed E-state index contributed by atoms with van der Waals surface area (Å²) in [5.41, 5.74) is 0.359. The molecule has 0 spiro atoms. The highest BCUT2D eigenvalue weighted by atomic mass is 15.2. The van der Waals surface area contributed by atoms with Crippen molar-refractivity contribution in [1.82, 2.24) is 10.2 Å². The fourth-order valence-corrected chi connectivity index (χ4v) is 2.49. The van der Waals surface area contributed by atoms with Gasteiger partial charge in [0.1, 0.15) is 0 Å². The SMILES string of the molecule is CCC(C)CN1CC(C(C)(C)C)NCCC1C. The number of nitrogens with zero attached hydrogens (tertiary/aromatic N) is 1. The van der Waals surface area contributed by atoms with Crippen molar-refractivity contribution in [3.05, 3.63) is 0 Å². The van der Waals surface area contributed by atoms with Crippen molar-refractivity contribution in [3.63, 3.8) is 0 Å². The summed E-state index contributed by atoms with van der Waals surface area (Å²) in [5, 5.41) is 3.73. The van der Waals surface area contributed by atoms with Gasteiger partial charge in [0.15, 0.2) is 0 Å². The molecule has 0 aromatic carbocycles. The van der Waals surface area contributed by atoms with Crippen LogP contribution in [0.1, 0.15) is 54.4 Å². The summed E-state index contributed by atoms with van der Waals surface area (Å²) < 4.78 is 0. The van der Waals surface area contributed by atoms with Gasteiger partial charge in [-0.1, -0.05) is 41.0 Å². The van der Waals surface area contributed by atoms with Crippen molar-refractivity contribution in [2.24, 2.45) is 11.3 Å². The van der Waals surface area contributed by atoms with E-state index >= 15 is 0 Å². The van der Waals surface area contributed by atoms with E-state index in [-0.39, 0.29) is 0 Å². The third-order valence-corrected chi connectivity index (χ3v) is 4.28. The van der Waals surface area contributed by atoms with Gasteiger partial charge in [-0.2, -0.15) is 0 Å². The van der Waals surface area contributed by atoms with Crippen LogP contribution < -0.4 is 5.32 Å². The van der Waals surface area contributed by atoms with Crippen molar-refractivity contribution in [2.75, 3.05) is 19.6 Å². The number of rotatable bonds is 3. The van der Waals surface area contributed by atoms with Crippen LogP contribution in [-0.2, 0) is 0 Å². The number of nitrogens with one attached hydrogen (secondary N) is 1. The third kappa shape index (κ3) is 4.59. The van der Waals surface area contributed by atoms with Crippen LogP contribution in [-0.4, -0.2) is 36.6 Å². The van der Waals surface area contributed by atoms with Crippen LogP contribution in [0, 0.1) is 11.3 Å². The summed E-state index contributed by atoms with van der Waals surface area (Å²) in [6.07, 6.45) is 2.57. The summed E-state index contributed by atoms with van der Waals surface area (Å²) in [7, 11) is 0. The van der Waals surface area contributed by atoms with E-state index in [1.807, 2.05) is 0 Å². The zero-order chi connectivity index (χ0) is 13.1. The standard InChI is InChI=1S/C15H32N2/c1-7-12(2)10-17-11-14(15(4,5)6)16-9-8-13(17)3/h12-14,16H,7-11H2,1-6H3. The monoisotopic (exact) mass is 240 g/mol. The van der Waals surface area contributed by atoms with E-state index in [0.29, 0.717) is 11.5 Å². The van der Waals surface area contributed by atoms with Crippen molar-refractivity contribution in [2.45, 2.75) is 66.5 Å². The minimum absolute atomic E-state index is 0.359. The fraction of sp³-hybridized carbons (Fsp3) is 1.00. The van der Waals surface area contributed by atoms with Crippen LogP contribution in [0.3, 0.4) is 0 Å². The van der Waals surface area contributed by atoms with Crippen LogP contribution in [0.2, 0.25) is 0 Å². The Morgan fingerprint density at radius 1 is 1.35 bits per heavy atom. The molecule has 0 aromatic heterocycles. The first-order chi connectivity index (χ1) is 7.84. The van der Waals surface area contributed by atoms with Crippen molar-refractivity contribution in [3.8, 4) is 0 Å². The second kappa shape index (κ2) is 6.19. The molecule has 1 aliphatic heterocycles. The molecule has 0 amide bonds. The fourth-order valence-electron chi connectivity index (χ4n) is 2.49. The Hall–Kier alpha value is -0.0800. The molecule has 3 unspecified atom stereocenters. The quantitative estimate of drug-likeness (QED) is 0.815. The maximum Gasteiger partial charge on any atom is 0.0243 e. The summed E-state index contributed by atoms with van der Waals surface area (Å²) in [5.74, 6) is 0.816. The Bertz CT molecular complexity index is 219. The molecule has 1 aliphatic rings. The van der Waals surface area contributed by atoms with E-state index in [1.165, 1.54) is 32.5 Å². The van der Waals surface area contributed by atoms with E-state index in [0.717, 1.165) is 12.0 Å². The van der Waals surface area contributed by atoms with Gasteiger partial charge >= 0.3 is 0 Å². The summed E-state index contributed by atoms with van der Waals surface area (Å²) in [4.78, 5) is 2.70. The summed E-state index contributed by atoms with van der Waals surface area (Å²) in [6, 6.07) is 1.35. The lowest BCUT2D eigenvalue weighted by molar-refractivity contribution is 0.145. The Morgan fingerprint density at radius 2 is 2.00 bits per heavy atom. The van der Waals surface area contributed by atoms with Crippen LogP contribution in [0.25, 0.3) is 0 Å². The number of hydrogen-bond donors (Lipinski definition) is 1. The molecule has 0 aromatic rings. The third-order valence-electron chi connectivity index (χ3n) is 4.28. The molecule has 0 bridgehead atoms. The summed E-state index contributed by atoms with van der Waals surface area (Å²) >= 11 is 0. The molecular formula is C15H32N2. The van der Waals surface area contributed by atoms with Gasteiger partial charge in [0.2, 0.25) is 0 Å². The maximum absolute atomic E-state index is 3.73. The van der Waals surface area contributed by atoms with E-state index in [9.17, 15) is 0 Å². The van der Waals surface area contributed by atoms with Gasteiger partial charge in [0, 0.05) is 25.2 Å². The lowest BCUT2D eigenvalue weighted by atomic mass is 9.86. The topological polar surface area (TPSA) is 15.3 Å². The highest BCUT2D eigenvalue weighted by Crippen LogP contribution is 2.24. The predicted octanol–water partition coefficient (Wildman–Crippen LogP) is 3.13. The second-order valence-electron chi connectivity index (χ2n) is 6.98. The Kier molecular flexibility index (Phi) is 5.46.